The fourth-order valence-corrected chi connectivity index (χ4v) is 2.86. The lowest BCUT2D eigenvalue weighted by molar-refractivity contribution is 0.0184. The summed E-state index contributed by atoms with van der Waals surface area (Å²) < 4.78 is 0. The zero-order valence-corrected chi connectivity index (χ0v) is 16.9. The molecule has 0 saturated carbocycles. The van der Waals surface area contributed by atoms with Crippen molar-refractivity contribution in [3.63, 3.8) is 0 Å². The summed E-state index contributed by atoms with van der Waals surface area (Å²) in [6.07, 6.45) is 2.46. The van der Waals surface area contributed by atoms with Crippen LogP contribution in [-0.2, 0) is 0 Å². The van der Waals surface area contributed by atoms with Crippen LogP contribution in [0.5, 0.6) is 0 Å². The molecule has 1 nitrogen and oxygen atoms in total. The highest BCUT2D eigenvalue weighted by molar-refractivity contribution is 4.90. The van der Waals surface area contributed by atoms with Crippen LogP contribution < -0.4 is 5.32 Å². The van der Waals surface area contributed by atoms with Gasteiger partial charge in [0.2, 0.25) is 0 Å². The first-order valence-corrected chi connectivity index (χ1v) is 9.01. The second-order valence-electron chi connectivity index (χ2n) is 9.55. The van der Waals surface area contributed by atoms with Gasteiger partial charge in [0.1, 0.15) is 0 Å². The van der Waals surface area contributed by atoms with E-state index in [1.54, 1.807) is 0 Å². The SMILES string of the molecule is CCC(C)(C)NCCC(C)C(C)C(C)C(C)(C)C(C)(C)C. The first-order valence-electron chi connectivity index (χ1n) is 9.01. The van der Waals surface area contributed by atoms with Gasteiger partial charge >= 0.3 is 0 Å². The van der Waals surface area contributed by atoms with Gasteiger partial charge in [-0.05, 0) is 61.8 Å². The molecule has 0 heterocycles. The van der Waals surface area contributed by atoms with Crippen LogP contribution in [0.3, 0.4) is 0 Å². The Morgan fingerprint density at radius 1 is 0.857 bits per heavy atom. The van der Waals surface area contributed by atoms with Gasteiger partial charge in [-0.1, -0.05) is 62.3 Å². The molecule has 0 saturated heterocycles. The van der Waals surface area contributed by atoms with E-state index in [1.807, 2.05) is 0 Å². The van der Waals surface area contributed by atoms with E-state index < -0.39 is 0 Å². The van der Waals surface area contributed by atoms with Crippen molar-refractivity contribution in [2.75, 3.05) is 6.54 Å². The molecule has 21 heavy (non-hydrogen) atoms. The van der Waals surface area contributed by atoms with Gasteiger partial charge in [0.25, 0.3) is 0 Å². The maximum atomic E-state index is 3.70. The summed E-state index contributed by atoms with van der Waals surface area (Å²) >= 11 is 0. The van der Waals surface area contributed by atoms with Gasteiger partial charge in [0, 0.05) is 5.54 Å². The van der Waals surface area contributed by atoms with Crippen LogP contribution in [0.25, 0.3) is 0 Å². The average Bonchev–Trinajstić information content (AvgIpc) is 2.35. The number of hydrogen-bond donors (Lipinski definition) is 1. The highest BCUT2D eigenvalue weighted by Gasteiger charge is 2.40. The van der Waals surface area contributed by atoms with E-state index in [9.17, 15) is 0 Å². The summed E-state index contributed by atoms with van der Waals surface area (Å²) in [5.41, 5.74) is 0.985. The van der Waals surface area contributed by atoms with Crippen LogP contribution >= 0.6 is 0 Å². The standard InChI is InChI=1S/C20H43N/c1-12-19(8,9)21-14-13-15(2)16(3)17(4)20(10,11)18(5,6)7/h15-17,21H,12-14H2,1-11H3. The third-order valence-corrected chi connectivity index (χ3v) is 6.84. The Balaban J connectivity index is 4.54. The highest BCUT2D eigenvalue weighted by Crippen LogP contribution is 2.48. The Labute approximate surface area is 135 Å². The van der Waals surface area contributed by atoms with Crippen molar-refractivity contribution in [2.45, 2.75) is 94.5 Å². The molecule has 0 aliphatic carbocycles. The van der Waals surface area contributed by atoms with Crippen LogP contribution in [0.4, 0.5) is 0 Å². The Morgan fingerprint density at radius 3 is 1.71 bits per heavy atom. The summed E-state index contributed by atoms with van der Waals surface area (Å²) in [6, 6.07) is 0. The summed E-state index contributed by atoms with van der Waals surface area (Å²) in [5.74, 6) is 2.25. The summed E-state index contributed by atoms with van der Waals surface area (Å²) in [4.78, 5) is 0. The molecule has 0 aliphatic rings. The molecule has 0 aromatic heterocycles. The molecule has 1 heteroatoms. The lowest BCUT2D eigenvalue weighted by Gasteiger charge is -2.47. The van der Waals surface area contributed by atoms with Gasteiger partial charge in [-0.25, -0.2) is 0 Å². The molecule has 0 spiro atoms. The van der Waals surface area contributed by atoms with Crippen LogP contribution in [-0.4, -0.2) is 12.1 Å². The van der Waals surface area contributed by atoms with Crippen LogP contribution in [0.2, 0.25) is 0 Å². The molecule has 0 aliphatic heterocycles. The Morgan fingerprint density at radius 2 is 1.33 bits per heavy atom. The first kappa shape index (κ1) is 21.0. The minimum absolute atomic E-state index is 0.277. The van der Waals surface area contributed by atoms with E-state index in [0.717, 1.165) is 24.3 Å². The largest absolute Gasteiger partial charge is 0.312 e. The van der Waals surface area contributed by atoms with Crippen LogP contribution in [0, 0.1) is 28.6 Å². The monoisotopic (exact) mass is 297 g/mol. The van der Waals surface area contributed by atoms with Crippen LogP contribution in [0.15, 0.2) is 0 Å². The molecule has 1 N–H and O–H groups in total. The Kier molecular flexibility index (Phi) is 7.47. The van der Waals surface area contributed by atoms with Gasteiger partial charge < -0.3 is 5.32 Å². The third kappa shape index (κ3) is 5.93. The van der Waals surface area contributed by atoms with Crippen molar-refractivity contribution in [3.05, 3.63) is 0 Å². The quantitative estimate of drug-likeness (QED) is 0.568. The smallest absolute Gasteiger partial charge is 0.0122 e. The maximum Gasteiger partial charge on any atom is 0.0122 e. The van der Waals surface area contributed by atoms with Gasteiger partial charge in [0.15, 0.2) is 0 Å². The van der Waals surface area contributed by atoms with E-state index in [4.69, 9.17) is 0 Å². The zero-order valence-electron chi connectivity index (χ0n) is 16.9. The van der Waals surface area contributed by atoms with Gasteiger partial charge in [0.05, 0.1) is 0 Å². The lowest BCUT2D eigenvalue weighted by Crippen LogP contribution is -2.42. The third-order valence-electron chi connectivity index (χ3n) is 6.84. The topological polar surface area (TPSA) is 12.0 Å². The number of nitrogens with one attached hydrogen (secondary N) is 1. The molecule has 0 amide bonds. The van der Waals surface area contributed by atoms with Gasteiger partial charge in [-0.2, -0.15) is 0 Å². The zero-order chi connectivity index (χ0) is 17.1. The maximum absolute atomic E-state index is 3.70. The molecule has 3 atom stereocenters. The van der Waals surface area contributed by atoms with Crippen molar-refractivity contribution >= 4 is 0 Å². The van der Waals surface area contributed by atoms with E-state index in [-0.39, 0.29) is 5.54 Å². The molecule has 0 rings (SSSR count). The van der Waals surface area contributed by atoms with Gasteiger partial charge in [-0.3, -0.25) is 0 Å². The molecular formula is C20H43N. The fraction of sp³-hybridized carbons (Fsp3) is 1.00. The number of rotatable bonds is 8. The molecule has 0 aromatic rings. The normalized spacial score (nSPS) is 18.4. The molecule has 0 radical (unpaired) electrons. The Hall–Kier alpha value is -0.0400. The highest BCUT2D eigenvalue weighted by atomic mass is 14.9. The first-order chi connectivity index (χ1) is 9.26. The van der Waals surface area contributed by atoms with Crippen molar-refractivity contribution in [2.24, 2.45) is 28.6 Å². The van der Waals surface area contributed by atoms with E-state index >= 15 is 0 Å². The van der Waals surface area contributed by atoms with Crippen molar-refractivity contribution in [1.29, 1.82) is 0 Å². The van der Waals surface area contributed by atoms with E-state index in [0.29, 0.717) is 10.8 Å². The average molecular weight is 298 g/mol. The van der Waals surface area contributed by atoms with Crippen molar-refractivity contribution < 1.29 is 0 Å². The minimum atomic E-state index is 0.277. The summed E-state index contributed by atoms with van der Waals surface area (Å²) in [5, 5.41) is 3.70. The molecule has 0 aromatic carbocycles. The van der Waals surface area contributed by atoms with Crippen molar-refractivity contribution in [3.8, 4) is 0 Å². The second-order valence-corrected chi connectivity index (χ2v) is 9.55. The van der Waals surface area contributed by atoms with Crippen molar-refractivity contribution in [1.82, 2.24) is 5.32 Å². The van der Waals surface area contributed by atoms with E-state index in [1.165, 1.54) is 12.8 Å². The Bertz CT molecular complexity index is 295. The fourth-order valence-electron chi connectivity index (χ4n) is 2.86. The molecule has 128 valence electrons. The molecule has 0 fully saturated rings. The second kappa shape index (κ2) is 7.49. The molecule has 3 unspecified atom stereocenters. The number of hydrogen-bond acceptors (Lipinski definition) is 1. The van der Waals surface area contributed by atoms with Crippen LogP contribution in [0.1, 0.15) is 89.0 Å². The van der Waals surface area contributed by atoms with E-state index in [2.05, 4.69) is 81.5 Å². The van der Waals surface area contributed by atoms with Gasteiger partial charge in [-0.15, -0.1) is 0 Å². The predicted molar refractivity (Wildman–Crippen MR) is 97.7 cm³/mol. The molecular weight excluding hydrogens is 254 g/mol. The minimum Gasteiger partial charge on any atom is -0.312 e. The summed E-state index contributed by atoms with van der Waals surface area (Å²) in [7, 11) is 0. The lowest BCUT2D eigenvalue weighted by atomic mass is 9.58. The summed E-state index contributed by atoms with van der Waals surface area (Å²) in [6.45, 7) is 27.4. The molecule has 0 bridgehead atoms. The predicted octanol–water partition coefficient (Wildman–Crippen LogP) is 6.14.